The Labute approximate surface area is 108 Å². The lowest BCUT2D eigenvalue weighted by Crippen LogP contribution is -2.35. The zero-order valence-electron chi connectivity index (χ0n) is 10.5. The molecule has 1 aliphatic heterocycles. The lowest BCUT2D eigenvalue weighted by Gasteiger charge is -2.22. The molecule has 1 fully saturated rings. The molecule has 0 aliphatic carbocycles. The molecule has 0 amide bonds. The first-order chi connectivity index (χ1) is 8.25. The van der Waals surface area contributed by atoms with Crippen LogP contribution in [-0.2, 0) is 0 Å². The van der Waals surface area contributed by atoms with Crippen LogP contribution >= 0.6 is 11.8 Å². The Kier molecular flexibility index (Phi) is 4.49. The number of hydrogen-bond acceptors (Lipinski definition) is 2. The molecule has 0 spiro atoms. The third kappa shape index (κ3) is 3.77. The van der Waals surface area contributed by atoms with E-state index in [0.29, 0.717) is 12.0 Å². The van der Waals surface area contributed by atoms with E-state index in [9.17, 15) is 0 Å². The first kappa shape index (κ1) is 12.5. The van der Waals surface area contributed by atoms with Gasteiger partial charge >= 0.3 is 0 Å². The van der Waals surface area contributed by atoms with E-state index >= 15 is 0 Å². The van der Waals surface area contributed by atoms with E-state index in [-0.39, 0.29) is 0 Å². The number of amidine groups is 1. The summed E-state index contributed by atoms with van der Waals surface area (Å²) in [6, 6.07) is 11.2. The van der Waals surface area contributed by atoms with Crippen molar-refractivity contribution in [3.8, 4) is 0 Å². The molecule has 17 heavy (non-hydrogen) atoms. The largest absolute Gasteiger partial charge is 0.362 e. The molecule has 0 aromatic heterocycles. The summed E-state index contributed by atoms with van der Waals surface area (Å²) in [5.74, 6) is 1.68. The predicted molar refractivity (Wildman–Crippen MR) is 76.8 cm³/mol. The van der Waals surface area contributed by atoms with Crippen molar-refractivity contribution in [3.05, 3.63) is 35.9 Å². The van der Waals surface area contributed by atoms with Gasteiger partial charge in [-0.05, 0) is 18.9 Å². The topological polar surface area (TPSA) is 24.4 Å². The van der Waals surface area contributed by atoms with E-state index < -0.39 is 0 Å². The Balaban J connectivity index is 1.91. The standard InChI is InChI=1S/C14H20N2S/c1-11(13-6-4-3-5-7-13)10-15-14-16-12(2)8-9-17-14/h3-7,11-12H,8-10H2,1-2H3,(H,15,16). The molecule has 0 saturated carbocycles. The molecule has 1 aromatic rings. The summed E-state index contributed by atoms with van der Waals surface area (Å²) < 4.78 is 0. The summed E-state index contributed by atoms with van der Waals surface area (Å²) in [4.78, 5) is 4.68. The van der Waals surface area contributed by atoms with Crippen LogP contribution in [0.2, 0.25) is 0 Å². The average Bonchev–Trinajstić information content (AvgIpc) is 2.37. The molecule has 92 valence electrons. The van der Waals surface area contributed by atoms with Gasteiger partial charge in [-0.25, -0.2) is 0 Å². The Morgan fingerprint density at radius 1 is 1.41 bits per heavy atom. The third-order valence-electron chi connectivity index (χ3n) is 3.04. The Hall–Kier alpha value is -0.960. The van der Waals surface area contributed by atoms with Gasteiger partial charge in [-0.3, -0.25) is 4.99 Å². The fourth-order valence-electron chi connectivity index (χ4n) is 1.86. The second-order valence-electron chi connectivity index (χ2n) is 4.64. The summed E-state index contributed by atoms with van der Waals surface area (Å²) >= 11 is 1.84. The molecule has 1 heterocycles. The van der Waals surface area contributed by atoms with Crippen molar-refractivity contribution >= 4 is 16.9 Å². The van der Waals surface area contributed by atoms with Gasteiger partial charge in [-0.15, -0.1) is 0 Å². The maximum Gasteiger partial charge on any atom is 0.156 e. The van der Waals surface area contributed by atoms with E-state index in [1.54, 1.807) is 0 Å². The quantitative estimate of drug-likeness (QED) is 0.888. The van der Waals surface area contributed by atoms with Crippen molar-refractivity contribution in [3.63, 3.8) is 0 Å². The summed E-state index contributed by atoms with van der Waals surface area (Å²) in [7, 11) is 0. The highest BCUT2D eigenvalue weighted by atomic mass is 32.2. The van der Waals surface area contributed by atoms with Gasteiger partial charge in [0.05, 0.1) is 0 Å². The van der Waals surface area contributed by atoms with Crippen molar-refractivity contribution in [2.24, 2.45) is 4.99 Å². The zero-order valence-corrected chi connectivity index (χ0v) is 11.3. The Morgan fingerprint density at radius 3 is 2.88 bits per heavy atom. The number of benzene rings is 1. The van der Waals surface area contributed by atoms with Crippen LogP contribution in [0.5, 0.6) is 0 Å². The van der Waals surface area contributed by atoms with Gasteiger partial charge in [0, 0.05) is 24.3 Å². The third-order valence-corrected chi connectivity index (χ3v) is 4.00. The van der Waals surface area contributed by atoms with Gasteiger partial charge in [0.25, 0.3) is 0 Å². The monoisotopic (exact) mass is 248 g/mol. The summed E-state index contributed by atoms with van der Waals surface area (Å²) in [5, 5.41) is 4.55. The maximum absolute atomic E-state index is 4.68. The molecule has 2 atom stereocenters. The van der Waals surface area contributed by atoms with Crippen molar-refractivity contribution in [1.29, 1.82) is 0 Å². The summed E-state index contributed by atoms with van der Waals surface area (Å²) in [6.07, 6.45) is 1.23. The molecule has 1 saturated heterocycles. The zero-order chi connectivity index (χ0) is 12.1. The van der Waals surface area contributed by atoms with Crippen molar-refractivity contribution < 1.29 is 0 Å². The average molecular weight is 248 g/mol. The lowest BCUT2D eigenvalue weighted by atomic mass is 10.0. The van der Waals surface area contributed by atoms with Crippen LogP contribution in [0.1, 0.15) is 31.7 Å². The van der Waals surface area contributed by atoms with Gasteiger partial charge < -0.3 is 5.32 Å². The second kappa shape index (κ2) is 6.10. The van der Waals surface area contributed by atoms with Crippen molar-refractivity contribution in [2.45, 2.75) is 32.2 Å². The lowest BCUT2D eigenvalue weighted by molar-refractivity contribution is 0.640. The number of rotatable bonds is 3. The van der Waals surface area contributed by atoms with E-state index in [4.69, 9.17) is 0 Å². The van der Waals surface area contributed by atoms with Crippen LogP contribution in [0.4, 0.5) is 0 Å². The highest BCUT2D eigenvalue weighted by Crippen LogP contribution is 2.17. The molecule has 1 N–H and O–H groups in total. The van der Waals surface area contributed by atoms with Crippen molar-refractivity contribution in [2.75, 3.05) is 12.3 Å². The number of aliphatic imine (C=N–C) groups is 1. The fourth-order valence-corrected chi connectivity index (χ4v) is 2.97. The van der Waals surface area contributed by atoms with Gasteiger partial charge in [0.15, 0.2) is 5.17 Å². The molecule has 2 rings (SSSR count). The van der Waals surface area contributed by atoms with Crippen molar-refractivity contribution in [1.82, 2.24) is 5.32 Å². The highest BCUT2D eigenvalue weighted by molar-refractivity contribution is 8.13. The molecular weight excluding hydrogens is 228 g/mol. The second-order valence-corrected chi connectivity index (χ2v) is 5.72. The van der Waals surface area contributed by atoms with Crippen LogP contribution in [0.15, 0.2) is 35.3 Å². The Morgan fingerprint density at radius 2 is 2.18 bits per heavy atom. The summed E-state index contributed by atoms with van der Waals surface area (Å²) in [5.41, 5.74) is 1.37. The number of thioether (sulfide) groups is 1. The van der Waals surface area contributed by atoms with Crippen LogP contribution in [0.25, 0.3) is 0 Å². The molecule has 1 aromatic carbocycles. The minimum absolute atomic E-state index is 0.489. The SMILES string of the molecule is CC1CCSC(=NCC(C)c2ccccc2)N1. The van der Waals surface area contributed by atoms with Crippen LogP contribution in [0, 0.1) is 0 Å². The number of nitrogens with zero attached hydrogens (tertiary/aromatic N) is 1. The van der Waals surface area contributed by atoms with E-state index in [1.165, 1.54) is 17.7 Å². The van der Waals surface area contributed by atoms with Crippen LogP contribution in [0.3, 0.4) is 0 Å². The normalized spacial score (nSPS) is 24.4. The first-order valence-electron chi connectivity index (χ1n) is 6.24. The maximum atomic E-state index is 4.68. The molecule has 3 heteroatoms. The van der Waals surface area contributed by atoms with E-state index in [0.717, 1.165) is 11.7 Å². The van der Waals surface area contributed by atoms with Gasteiger partial charge in [-0.2, -0.15) is 0 Å². The minimum Gasteiger partial charge on any atom is -0.362 e. The first-order valence-corrected chi connectivity index (χ1v) is 7.23. The summed E-state index contributed by atoms with van der Waals surface area (Å²) in [6.45, 7) is 5.32. The highest BCUT2D eigenvalue weighted by Gasteiger charge is 2.13. The molecule has 2 unspecified atom stereocenters. The van der Waals surface area contributed by atoms with Gasteiger partial charge in [0.1, 0.15) is 0 Å². The predicted octanol–water partition coefficient (Wildman–Crippen LogP) is 3.26. The van der Waals surface area contributed by atoms with Crippen LogP contribution in [-0.4, -0.2) is 23.5 Å². The molecule has 0 bridgehead atoms. The number of hydrogen-bond donors (Lipinski definition) is 1. The number of nitrogens with one attached hydrogen (secondary N) is 1. The van der Waals surface area contributed by atoms with E-state index in [1.807, 2.05) is 11.8 Å². The minimum atomic E-state index is 0.489. The van der Waals surface area contributed by atoms with Gasteiger partial charge in [-0.1, -0.05) is 49.0 Å². The van der Waals surface area contributed by atoms with Gasteiger partial charge in [0.2, 0.25) is 0 Å². The molecule has 1 aliphatic rings. The fraction of sp³-hybridized carbons (Fsp3) is 0.500. The van der Waals surface area contributed by atoms with Crippen LogP contribution < -0.4 is 5.32 Å². The Bertz CT molecular complexity index is 375. The molecule has 2 nitrogen and oxygen atoms in total. The molecular formula is C14H20N2S. The van der Waals surface area contributed by atoms with E-state index in [2.05, 4.69) is 54.5 Å². The molecule has 0 radical (unpaired) electrons. The smallest absolute Gasteiger partial charge is 0.156 e.